The number of ether oxygens (including phenoxy) is 2. The SMILES string of the molecule is C[C@H](OC(=O)COc1ccccc1)C(=O)Nc1ccc(Cl)cc1. The first-order chi connectivity index (χ1) is 11.0. The molecule has 1 atom stereocenters. The summed E-state index contributed by atoms with van der Waals surface area (Å²) in [5, 5.41) is 3.20. The summed E-state index contributed by atoms with van der Waals surface area (Å²) in [4.78, 5) is 23.6. The van der Waals surface area contributed by atoms with Gasteiger partial charge >= 0.3 is 5.97 Å². The van der Waals surface area contributed by atoms with Gasteiger partial charge < -0.3 is 14.8 Å². The van der Waals surface area contributed by atoms with Crippen molar-refractivity contribution in [3.8, 4) is 5.75 Å². The predicted molar refractivity (Wildman–Crippen MR) is 87.6 cm³/mol. The molecule has 2 rings (SSSR count). The molecule has 0 spiro atoms. The highest BCUT2D eigenvalue weighted by Crippen LogP contribution is 2.14. The quantitative estimate of drug-likeness (QED) is 0.824. The van der Waals surface area contributed by atoms with Gasteiger partial charge in [-0.15, -0.1) is 0 Å². The summed E-state index contributed by atoms with van der Waals surface area (Å²) in [6, 6.07) is 15.5. The van der Waals surface area contributed by atoms with Crippen LogP contribution in [-0.4, -0.2) is 24.6 Å². The molecule has 1 N–H and O–H groups in total. The van der Waals surface area contributed by atoms with Crippen molar-refractivity contribution in [2.75, 3.05) is 11.9 Å². The number of halogens is 1. The Morgan fingerprint density at radius 1 is 1.09 bits per heavy atom. The number of nitrogens with one attached hydrogen (secondary N) is 1. The summed E-state index contributed by atoms with van der Waals surface area (Å²) in [5.41, 5.74) is 0.572. The molecule has 0 fully saturated rings. The van der Waals surface area contributed by atoms with Crippen LogP contribution in [0.1, 0.15) is 6.92 Å². The smallest absolute Gasteiger partial charge is 0.344 e. The molecule has 2 aromatic carbocycles. The molecule has 120 valence electrons. The molecule has 23 heavy (non-hydrogen) atoms. The number of para-hydroxylation sites is 1. The lowest BCUT2D eigenvalue weighted by Crippen LogP contribution is -2.31. The van der Waals surface area contributed by atoms with Crippen LogP contribution in [-0.2, 0) is 14.3 Å². The highest BCUT2D eigenvalue weighted by Gasteiger charge is 2.18. The van der Waals surface area contributed by atoms with Crippen molar-refractivity contribution in [3.63, 3.8) is 0 Å². The normalized spacial score (nSPS) is 11.4. The van der Waals surface area contributed by atoms with Gasteiger partial charge in [-0.05, 0) is 43.3 Å². The fourth-order valence-corrected chi connectivity index (χ4v) is 1.85. The Bertz CT molecular complexity index is 658. The van der Waals surface area contributed by atoms with Crippen LogP contribution < -0.4 is 10.1 Å². The van der Waals surface area contributed by atoms with E-state index < -0.39 is 18.0 Å². The molecule has 0 bridgehead atoms. The zero-order valence-corrected chi connectivity index (χ0v) is 13.2. The Hall–Kier alpha value is -2.53. The van der Waals surface area contributed by atoms with Crippen molar-refractivity contribution >= 4 is 29.2 Å². The molecule has 0 aliphatic rings. The van der Waals surface area contributed by atoms with Crippen LogP contribution in [0, 0.1) is 0 Å². The maximum atomic E-state index is 11.9. The number of anilines is 1. The van der Waals surface area contributed by atoms with Gasteiger partial charge in [0.1, 0.15) is 5.75 Å². The number of carbonyl (C=O) groups is 2. The summed E-state index contributed by atoms with van der Waals surface area (Å²) < 4.78 is 10.3. The maximum Gasteiger partial charge on any atom is 0.344 e. The molecule has 6 heteroatoms. The van der Waals surface area contributed by atoms with Gasteiger partial charge in [0.2, 0.25) is 0 Å². The van der Waals surface area contributed by atoms with E-state index in [1.165, 1.54) is 6.92 Å². The second-order valence-corrected chi connectivity index (χ2v) is 5.17. The molecule has 0 saturated carbocycles. The van der Waals surface area contributed by atoms with E-state index in [0.29, 0.717) is 16.5 Å². The molecule has 0 heterocycles. The number of hydrogen-bond acceptors (Lipinski definition) is 4. The van der Waals surface area contributed by atoms with E-state index in [0.717, 1.165) is 0 Å². The number of amides is 1. The molecule has 5 nitrogen and oxygen atoms in total. The van der Waals surface area contributed by atoms with Crippen LogP contribution in [0.4, 0.5) is 5.69 Å². The Kier molecular flexibility index (Phi) is 6.00. The largest absolute Gasteiger partial charge is 0.482 e. The molecule has 0 saturated heterocycles. The monoisotopic (exact) mass is 333 g/mol. The van der Waals surface area contributed by atoms with Gasteiger partial charge in [0.05, 0.1) is 0 Å². The Morgan fingerprint density at radius 3 is 2.39 bits per heavy atom. The highest BCUT2D eigenvalue weighted by molar-refractivity contribution is 6.30. The summed E-state index contributed by atoms with van der Waals surface area (Å²) in [6.07, 6.45) is -0.933. The molecule has 0 aromatic heterocycles. The third kappa shape index (κ3) is 5.64. The topological polar surface area (TPSA) is 64.6 Å². The minimum absolute atomic E-state index is 0.261. The zero-order valence-electron chi connectivity index (χ0n) is 12.5. The van der Waals surface area contributed by atoms with Gasteiger partial charge in [0.25, 0.3) is 5.91 Å². The second-order valence-electron chi connectivity index (χ2n) is 4.73. The first kappa shape index (κ1) is 16.8. The summed E-state index contributed by atoms with van der Waals surface area (Å²) in [6.45, 7) is 1.23. The zero-order chi connectivity index (χ0) is 16.7. The van der Waals surface area contributed by atoms with E-state index in [1.54, 1.807) is 48.5 Å². The first-order valence-electron chi connectivity index (χ1n) is 6.98. The standard InChI is InChI=1S/C17H16ClNO4/c1-12(17(21)19-14-9-7-13(18)8-10-14)23-16(20)11-22-15-5-3-2-4-6-15/h2-10,12H,11H2,1H3,(H,19,21)/t12-/m0/s1. The van der Waals surface area contributed by atoms with E-state index in [-0.39, 0.29) is 6.61 Å². The van der Waals surface area contributed by atoms with E-state index in [9.17, 15) is 9.59 Å². The van der Waals surface area contributed by atoms with Crippen LogP contribution in [0.25, 0.3) is 0 Å². The van der Waals surface area contributed by atoms with E-state index in [2.05, 4.69) is 5.32 Å². The lowest BCUT2D eigenvalue weighted by molar-refractivity contribution is -0.155. The van der Waals surface area contributed by atoms with Crippen molar-refractivity contribution in [2.45, 2.75) is 13.0 Å². The summed E-state index contributed by atoms with van der Waals surface area (Å²) >= 11 is 5.77. The average molecular weight is 334 g/mol. The van der Waals surface area contributed by atoms with Gasteiger partial charge in [-0.25, -0.2) is 4.79 Å². The lowest BCUT2D eigenvalue weighted by atomic mass is 10.3. The summed E-state index contributed by atoms with van der Waals surface area (Å²) in [5.74, 6) is -0.490. The van der Waals surface area contributed by atoms with Crippen LogP contribution >= 0.6 is 11.6 Å². The Balaban J connectivity index is 1.78. The number of carbonyl (C=O) groups excluding carboxylic acids is 2. The number of esters is 1. The third-order valence-electron chi connectivity index (χ3n) is 2.89. The molecule has 1 amide bonds. The number of rotatable bonds is 6. The fraction of sp³-hybridized carbons (Fsp3) is 0.176. The van der Waals surface area contributed by atoms with Crippen molar-refractivity contribution in [1.82, 2.24) is 0 Å². The van der Waals surface area contributed by atoms with Crippen LogP contribution in [0.2, 0.25) is 5.02 Å². The van der Waals surface area contributed by atoms with Crippen molar-refractivity contribution < 1.29 is 19.1 Å². The van der Waals surface area contributed by atoms with E-state index in [1.807, 2.05) is 6.07 Å². The molecular weight excluding hydrogens is 318 g/mol. The average Bonchev–Trinajstić information content (AvgIpc) is 2.56. The molecule has 0 radical (unpaired) electrons. The summed E-state index contributed by atoms with van der Waals surface area (Å²) in [7, 11) is 0. The van der Waals surface area contributed by atoms with E-state index >= 15 is 0 Å². The number of hydrogen-bond donors (Lipinski definition) is 1. The van der Waals surface area contributed by atoms with Crippen LogP contribution in [0.5, 0.6) is 5.75 Å². The minimum atomic E-state index is -0.933. The van der Waals surface area contributed by atoms with Gasteiger partial charge in [-0.2, -0.15) is 0 Å². The Labute approximate surface area is 139 Å². The van der Waals surface area contributed by atoms with Gasteiger partial charge in [0.15, 0.2) is 12.7 Å². The van der Waals surface area contributed by atoms with Gasteiger partial charge in [-0.3, -0.25) is 4.79 Å². The van der Waals surface area contributed by atoms with Crippen molar-refractivity contribution in [2.24, 2.45) is 0 Å². The second kappa shape index (κ2) is 8.19. The van der Waals surface area contributed by atoms with Crippen LogP contribution in [0.15, 0.2) is 54.6 Å². The van der Waals surface area contributed by atoms with E-state index in [4.69, 9.17) is 21.1 Å². The first-order valence-corrected chi connectivity index (χ1v) is 7.36. The highest BCUT2D eigenvalue weighted by atomic mass is 35.5. The third-order valence-corrected chi connectivity index (χ3v) is 3.14. The molecule has 2 aromatic rings. The fourth-order valence-electron chi connectivity index (χ4n) is 1.72. The molecule has 0 unspecified atom stereocenters. The van der Waals surface area contributed by atoms with Crippen molar-refractivity contribution in [1.29, 1.82) is 0 Å². The Morgan fingerprint density at radius 2 is 1.74 bits per heavy atom. The molecule has 0 aliphatic carbocycles. The van der Waals surface area contributed by atoms with Gasteiger partial charge in [0, 0.05) is 10.7 Å². The molecular formula is C17H16ClNO4. The minimum Gasteiger partial charge on any atom is -0.482 e. The van der Waals surface area contributed by atoms with Crippen molar-refractivity contribution in [3.05, 3.63) is 59.6 Å². The predicted octanol–water partition coefficient (Wildman–Crippen LogP) is 3.29. The maximum absolute atomic E-state index is 11.9. The lowest BCUT2D eigenvalue weighted by Gasteiger charge is -2.14. The van der Waals surface area contributed by atoms with Gasteiger partial charge in [-0.1, -0.05) is 29.8 Å². The van der Waals surface area contributed by atoms with Crippen LogP contribution in [0.3, 0.4) is 0 Å². The number of benzene rings is 2. The molecule has 0 aliphatic heterocycles.